The van der Waals surface area contributed by atoms with Crippen LogP contribution in [0.25, 0.3) is 0 Å². The van der Waals surface area contributed by atoms with E-state index in [0.29, 0.717) is 16.6 Å². The van der Waals surface area contributed by atoms with Crippen molar-refractivity contribution in [1.29, 1.82) is 0 Å². The first kappa shape index (κ1) is 17.1. The van der Waals surface area contributed by atoms with Gasteiger partial charge in [0.25, 0.3) is 5.91 Å². The number of anilines is 3. The number of carbonyl (C=O) groups is 1. The molecule has 0 aliphatic carbocycles. The summed E-state index contributed by atoms with van der Waals surface area (Å²) in [6, 6.07) is 9.83. The molecule has 0 atom stereocenters. The van der Waals surface area contributed by atoms with Crippen molar-refractivity contribution >= 4 is 33.9 Å². The lowest BCUT2D eigenvalue weighted by Crippen LogP contribution is -2.14. The minimum absolute atomic E-state index is 0.212. The fraction of sp³-hybridized carbons (Fsp3) is 0.211. The molecule has 0 bridgehead atoms. The molecule has 1 amide bonds. The quantitative estimate of drug-likeness (QED) is 0.710. The van der Waals surface area contributed by atoms with Crippen LogP contribution in [0.5, 0.6) is 0 Å². The lowest BCUT2D eigenvalue weighted by molar-refractivity contribution is 0.102. The number of aromatic nitrogens is 2. The molecule has 0 fully saturated rings. The second-order valence-electron chi connectivity index (χ2n) is 6.05. The number of nitrogens with zero attached hydrogens (tertiary/aromatic N) is 2. The van der Waals surface area contributed by atoms with Gasteiger partial charge in [0.15, 0.2) is 5.13 Å². The molecular formula is C19H20N4OS. The molecule has 128 valence electrons. The first-order valence-electron chi connectivity index (χ1n) is 7.98. The van der Waals surface area contributed by atoms with E-state index in [-0.39, 0.29) is 5.91 Å². The Kier molecular flexibility index (Phi) is 4.81. The molecule has 5 nitrogen and oxygen atoms in total. The topological polar surface area (TPSA) is 66.9 Å². The Morgan fingerprint density at radius 1 is 1.04 bits per heavy atom. The molecule has 6 heteroatoms. The van der Waals surface area contributed by atoms with Gasteiger partial charge in [0.1, 0.15) is 11.5 Å². The Hall–Kier alpha value is -2.73. The molecule has 25 heavy (non-hydrogen) atoms. The van der Waals surface area contributed by atoms with Crippen molar-refractivity contribution in [2.45, 2.75) is 27.7 Å². The summed E-state index contributed by atoms with van der Waals surface area (Å²) in [6.07, 6.45) is 0. The van der Waals surface area contributed by atoms with Crippen LogP contribution in [0, 0.1) is 27.7 Å². The fourth-order valence-corrected chi connectivity index (χ4v) is 3.41. The molecule has 0 radical (unpaired) electrons. The Bertz CT molecular complexity index is 910. The lowest BCUT2D eigenvalue weighted by atomic mass is 10.1. The number of pyridine rings is 1. The van der Waals surface area contributed by atoms with Gasteiger partial charge in [-0.1, -0.05) is 23.8 Å². The molecule has 3 aromatic rings. The SMILES string of the molecule is Cc1cc(C)c(NC(=O)c2csc(Nc3cccc(C)n3)n2)c(C)c1. The van der Waals surface area contributed by atoms with Gasteiger partial charge in [0.2, 0.25) is 0 Å². The molecule has 2 N–H and O–H groups in total. The highest BCUT2D eigenvalue weighted by Gasteiger charge is 2.14. The molecule has 2 aromatic heterocycles. The molecule has 3 rings (SSSR count). The number of amides is 1. The second kappa shape index (κ2) is 7.03. The van der Waals surface area contributed by atoms with Crippen molar-refractivity contribution in [3.63, 3.8) is 0 Å². The number of hydrogen-bond acceptors (Lipinski definition) is 5. The van der Waals surface area contributed by atoms with Gasteiger partial charge < -0.3 is 10.6 Å². The summed E-state index contributed by atoms with van der Waals surface area (Å²) >= 11 is 1.38. The number of benzene rings is 1. The predicted molar refractivity (Wildman–Crippen MR) is 103 cm³/mol. The summed E-state index contributed by atoms with van der Waals surface area (Å²) in [6.45, 7) is 7.96. The van der Waals surface area contributed by atoms with Crippen LogP contribution in [-0.2, 0) is 0 Å². The van der Waals surface area contributed by atoms with Crippen LogP contribution in [0.1, 0.15) is 32.9 Å². The minimum Gasteiger partial charge on any atom is -0.320 e. The number of hydrogen-bond donors (Lipinski definition) is 2. The minimum atomic E-state index is -0.212. The van der Waals surface area contributed by atoms with Crippen LogP contribution < -0.4 is 10.6 Å². The molecule has 2 heterocycles. The summed E-state index contributed by atoms with van der Waals surface area (Å²) in [7, 11) is 0. The Balaban J connectivity index is 1.75. The van der Waals surface area contributed by atoms with Gasteiger partial charge in [0, 0.05) is 16.8 Å². The van der Waals surface area contributed by atoms with E-state index >= 15 is 0 Å². The molecule has 0 saturated carbocycles. The number of carbonyl (C=O) groups excluding carboxylic acids is 1. The molecule has 0 saturated heterocycles. The Labute approximate surface area is 151 Å². The number of aryl methyl sites for hydroxylation is 4. The predicted octanol–water partition coefficient (Wildman–Crippen LogP) is 4.77. The average Bonchev–Trinajstić information content (AvgIpc) is 2.99. The first-order valence-corrected chi connectivity index (χ1v) is 8.86. The molecule has 0 aliphatic rings. The van der Waals surface area contributed by atoms with Crippen LogP contribution in [0.4, 0.5) is 16.6 Å². The zero-order valence-electron chi connectivity index (χ0n) is 14.7. The Morgan fingerprint density at radius 3 is 2.44 bits per heavy atom. The van der Waals surface area contributed by atoms with E-state index in [2.05, 4.69) is 32.7 Å². The monoisotopic (exact) mass is 352 g/mol. The summed E-state index contributed by atoms with van der Waals surface area (Å²) in [5.41, 5.74) is 5.42. The number of nitrogens with one attached hydrogen (secondary N) is 2. The zero-order chi connectivity index (χ0) is 18.0. The van der Waals surface area contributed by atoms with Gasteiger partial charge in [-0.15, -0.1) is 11.3 Å². The van der Waals surface area contributed by atoms with Crippen LogP contribution in [0.3, 0.4) is 0 Å². The normalized spacial score (nSPS) is 10.6. The maximum absolute atomic E-state index is 12.5. The van der Waals surface area contributed by atoms with Crippen LogP contribution >= 0.6 is 11.3 Å². The third-order valence-electron chi connectivity index (χ3n) is 3.78. The number of rotatable bonds is 4. The molecule has 0 unspecified atom stereocenters. The van der Waals surface area contributed by atoms with Gasteiger partial charge in [-0.2, -0.15) is 0 Å². The van der Waals surface area contributed by atoms with Crippen molar-refractivity contribution in [2.75, 3.05) is 10.6 Å². The largest absolute Gasteiger partial charge is 0.320 e. The van der Waals surface area contributed by atoms with Gasteiger partial charge >= 0.3 is 0 Å². The van der Waals surface area contributed by atoms with Gasteiger partial charge in [-0.25, -0.2) is 9.97 Å². The summed E-state index contributed by atoms with van der Waals surface area (Å²) < 4.78 is 0. The van der Waals surface area contributed by atoms with Gasteiger partial charge in [-0.05, 0) is 51.0 Å². The van der Waals surface area contributed by atoms with E-state index < -0.39 is 0 Å². The van der Waals surface area contributed by atoms with Crippen molar-refractivity contribution < 1.29 is 4.79 Å². The highest BCUT2D eigenvalue weighted by atomic mass is 32.1. The maximum atomic E-state index is 12.5. The number of thiazole rings is 1. The van der Waals surface area contributed by atoms with E-state index in [4.69, 9.17) is 0 Å². The van der Waals surface area contributed by atoms with E-state index in [9.17, 15) is 4.79 Å². The molecule has 0 aliphatic heterocycles. The fourth-order valence-electron chi connectivity index (χ4n) is 2.71. The first-order chi connectivity index (χ1) is 11.9. The average molecular weight is 352 g/mol. The van der Waals surface area contributed by atoms with E-state index in [1.54, 1.807) is 5.38 Å². The van der Waals surface area contributed by atoms with Crippen molar-refractivity contribution in [1.82, 2.24) is 9.97 Å². The highest BCUT2D eigenvalue weighted by molar-refractivity contribution is 7.14. The smallest absolute Gasteiger partial charge is 0.275 e. The highest BCUT2D eigenvalue weighted by Crippen LogP contribution is 2.24. The summed E-state index contributed by atoms with van der Waals surface area (Å²) in [5, 5.41) is 8.48. The van der Waals surface area contributed by atoms with Crippen LogP contribution in [0.15, 0.2) is 35.7 Å². The van der Waals surface area contributed by atoms with Crippen molar-refractivity contribution in [3.05, 3.63) is 63.8 Å². The molecule has 0 spiro atoms. The molecular weight excluding hydrogens is 332 g/mol. The van der Waals surface area contributed by atoms with Crippen molar-refractivity contribution in [3.8, 4) is 0 Å². The second-order valence-corrected chi connectivity index (χ2v) is 6.91. The van der Waals surface area contributed by atoms with Crippen molar-refractivity contribution in [2.24, 2.45) is 0 Å². The zero-order valence-corrected chi connectivity index (χ0v) is 15.5. The summed E-state index contributed by atoms with van der Waals surface area (Å²) in [4.78, 5) is 21.3. The summed E-state index contributed by atoms with van der Waals surface area (Å²) in [5.74, 6) is 0.503. The van der Waals surface area contributed by atoms with Crippen LogP contribution in [0.2, 0.25) is 0 Å². The van der Waals surface area contributed by atoms with Gasteiger partial charge in [0.05, 0.1) is 0 Å². The van der Waals surface area contributed by atoms with E-state index in [1.165, 1.54) is 16.9 Å². The lowest BCUT2D eigenvalue weighted by Gasteiger charge is -2.11. The Morgan fingerprint density at radius 2 is 1.76 bits per heavy atom. The standard InChI is InChI=1S/C19H20N4OS/c1-11-8-12(2)17(13(3)9-11)23-18(24)15-10-25-19(21-15)22-16-7-5-6-14(4)20-16/h5-10H,1-4H3,(H,23,24)(H,20,21,22). The van der Waals surface area contributed by atoms with Crippen LogP contribution in [-0.4, -0.2) is 15.9 Å². The van der Waals surface area contributed by atoms with E-state index in [1.807, 2.05) is 45.9 Å². The third-order valence-corrected chi connectivity index (χ3v) is 4.53. The third kappa shape index (κ3) is 4.03. The molecule has 1 aromatic carbocycles. The maximum Gasteiger partial charge on any atom is 0.275 e. The van der Waals surface area contributed by atoms with E-state index in [0.717, 1.165) is 22.5 Å². The van der Waals surface area contributed by atoms with Gasteiger partial charge in [-0.3, -0.25) is 4.79 Å².